The number of nitrogens with zero attached hydrogens (tertiary/aromatic N) is 2. The molecule has 0 amide bonds. The average molecular weight is 267 g/mol. The molecule has 1 aliphatic carbocycles. The van der Waals surface area contributed by atoms with Gasteiger partial charge in [0.2, 0.25) is 0 Å². The van der Waals surface area contributed by atoms with E-state index in [0.29, 0.717) is 17.3 Å². The van der Waals surface area contributed by atoms with Gasteiger partial charge < -0.3 is 5.32 Å². The van der Waals surface area contributed by atoms with Crippen molar-refractivity contribution in [2.75, 3.05) is 5.32 Å². The number of hydrogen-bond donors (Lipinski definition) is 1. The van der Waals surface area contributed by atoms with Crippen LogP contribution in [-0.2, 0) is 0 Å². The first-order valence-corrected chi connectivity index (χ1v) is 6.57. The second kappa shape index (κ2) is 4.93. The average Bonchev–Trinajstić information content (AvgIpc) is 3.19. The molecule has 0 aliphatic heterocycles. The highest BCUT2D eigenvalue weighted by Crippen LogP contribution is 2.42. The van der Waals surface area contributed by atoms with E-state index >= 15 is 0 Å². The summed E-state index contributed by atoms with van der Waals surface area (Å²) in [6.45, 7) is 1.90. The highest BCUT2D eigenvalue weighted by Gasteiger charge is 2.38. The maximum absolute atomic E-state index is 12.9. The first-order chi connectivity index (χ1) is 9.67. The van der Waals surface area contributed by atoms with Gasteiger partial charge in [0.05, 0.1) is 5.56 Å². The molecule has 2 atom stereocenters. The van der Waals surface area contributed by atoms with Gasteiger partial charge in [-0.05, 0) is 43.2 Å². The third-order valence-corrected chi connectivity index (χ3v) is 3.57. The van der Waals surface area contributed by atoms with Gasteiger partial charge in [0.25, 0.3) is 0 Å². The summed E-state index contributed by atoms with van der Waals surface area (Å²) in [6.07, 6.45) is 0.978. The lowest BCUT2D eigenvalue weighted by Crippen LogP contribution is -2.08. The van der Waals surface area contributed by atoms with Gasteiger partial charge in [-0.15, -0.1) is 0 Å². The van der Waals surface area contributed by atoms with Crippen molar-refractivity contribution in [1.82, 2.24) is 4.98 Å². The van der Waals surface area contributed by atoms with Crippen molar-refractivity contribution >= 4 is 5.82 Å². The van der Waals surface area contributed by atoms with Crippen molar-refractivity contribution < 1.29 is 4.39 Å². The fourth-order valence-electron chi connectivity index (χ4n) is 2.37. The second-order valence-electron chi connectivity index (χ2n) is 5.11. The number of rotatable bonds is 3. The minimum absolute atomic E-state index is 0.217. The van der Waals surface area contributed by atoms with E-state index in [1.165, 1.54) is 12.1 Å². The quantitative estimate of drug-likeness (QED) is 0.927. The topological polar surface area (TPSA) is 48.7 Å². The fourth-order valence-corrected chi connectivity index (χ4v) is 2.37. The Balaban J connectivity index is 1.74. The molecule has 1 aromatic carbocycles. The van der Waals surface area contributed by atoms with Gasteiger partial charge in [-0.25, -0.2) is 9.37 Å². The minimum atomic E-state index is -0.217. The lowest BCUT2D eigenvalue weighted by Gasteiger charge is -2.08. The van der Waals surface area contributed by atoms with Gasteiger partial charge in [0.15, 0.2) is 0 Å². The summed E-state index contributed by atoms with van der Waals surface area (Å²) in [5, 5.41) is 12.4. The van der Waals surface area contributed by atoms with E-state index in [1.54, 1.807) is 6.07 Å². The van der Waals surface area contributed by atoms with Crippen LogP contribution in [0, 0.1) is 24.1 Å². The first kappa shape index (κ1) is 12.6. The molecule has 0 saturated heterocycles. The van der Waals surface area contributed by atoms with Gasteiger partial charge in [-0.3, -0.25) is 0 Å². The van der Waals surface area contributed by atoms with Crippen LogP contribution < -0.4 is 5.32 Å². The molecule has 3 nitrogen and oxygen atoms in total. The third-order valence-electron chi connectivity index (χ3n) is 3.57. The Morgan fingerprint density at radius 2 is 2.00 bits per heavy atom. The Bertz CT molecular complexity index is 673. The second-order valence-corrected chi connectivity index (χ2v) is 5.11. The Hall–Kier alpha value is -2.41. The van der Waals surface area contributed by atoms with Crippen LogP contribution in [-0.4, -0.2) is 11.0 Å². The maximum Gasteiger partial charge on any atom is 0.144 e. The number of halogens is 1. The van der Waals surface area contributed by atoms with E-state index in [1.807, 2.05) is 25.1 Å². The molecule has 1 aliphatic rings. The van der Waals surface area contributed by atoms with Crippen molar-refractivity contribution in [3.8, 4) is 6.07 Å². The molecule has 1 saturated carbocycles. The summed E-state index contributed by atoms with van der Waals surface area (Å²) in [7, 11) is 0. The van der Waals surface area contributed by atoms with Gasteiger partial charge in [-0.2, -0.15) is 5.26 Å². The van der Waals surface area contributed by atoms with Gasteiger partial charge >= 0.3 is 0 Å². The van der Waals surface area contributed by atoms with Gasteiger partial charge in [0, 0.05) is 17.7 Å². The van der Waals surface area contributed by atoms with E-state index < -0.39 is 0 Å². The van der Waals surface area contributed by atoms with Crippen molar-refractivity contribution in [3.63, 3.8) is 0 Å². The van der Waals surface area contributed by atoms with Crippen LogP contribution in [0.2, 0.25) is 0 Å². The van der Waals surface area contributed by atoms with E-state index in [-0.39, 0.29) is 11.9 Å². The summed E-state index contributed by atoms with van der Waals surface area (Å²) in [4.78, 5) is 4.37. The van der Waals surface area contributed by atoms with Crippen molar-refractivity contribution in [2.45, 2.75) is 25.3 Å². The molecule has 2 aromatic rings. The first-order valence-electron chi connectivity index (χ1n) is 6.57. The molecule has 0 unspecified atom stereocenters. The number of aromatic nitrogens is 1. The summed E-state index contributed by atoms with van der Waals surface area (Å²) in [6, 6.07) is 12.6. The fraction of sp³-hybridized carbons (Fsp3) is 0.250. The largest absolute Gasteiger partial charge is 0.366 e. The molecule has 0 bridgehead atoms. The number of aryl methyl sites for hydroxylation is 1. The van der Waals surface area contributed by atoms with E-state index in [9.17, 15) is 4.39 Å². The van der Waals surface area contributed by atoms with Crippen molar-refractivity contribution in [3.05, 3.63) is 59.0 Å². The molecule has 1 aromatic heterocycles. The predicted molar refractivity (Wildman–Crippen MR) is 74.9 cm³/mol. The van der Waals surface area contributed by atoms with Crippen LogP contribution in [0.15, 0.2) is 36.4 Å². The Labute approximate surface area is 117 Å². The molecule has 1 N–H and O–H groups in total. The molecule has 100 valence electrons. The van der Waals surface area contributed by atoms with Crippen LogP contribution >= 0.6 is 0 Å². The Kier molecular flexibility index (Phi) is 3.11. The summed E-state index contributed by atoms with van der Waals surface area (Å²) in [5.41, 5.74) is 2.56. The molecular weight excluding hydrogens is 253 g/mol. The number of anilines is 1. The zero-order chi connectivity index (χ0) is 14.1. The van der Waals surface area contributed by atoms with E-state index in [2.05, 4.69) is 16.4 Å². The smallest absolute Gasteiger partial charge is 0.144 e. The highest BCUT2D eigenvalue weighted by molar-refractivity contribution is 5.54. The summed E-state index contributed by atoms with van der Waals surface area (Å²) >= 11 is 0. The Morgan fingerprint density at radius 3 is 2.70 bits per heavy atom. The van der Waals surface area contributed by atoms with Gasteiger partial charge in [0.1, 0.15) is 17.7 Å². The normalized spacial score (nSPS) is 20.2. The summed E-state index contributed by atoms with van der Waals surface area (Å²) in [5.74, 6) is 0.789. The minimum Gasteiger partial charge on any atom is -0.366 e. The molecule has 0 radical (unpaired) electrons. The van der Waals surface area contributed by atoms with Crippen LogP contribution in [0.25, 0.3) is 0 Å². The van der Waals surface area contributed by atoms with Crippen LogP contribution in [0.3, 0.4) is 0 Å². The lowest BCUT2D eigenvalue weighted by molar-refractivity contribution is 0.627. The number of pyridine rings is 1. The maximum atomic E-state index is 12.9. The lowest BCUT2D eigenvalue weighted by atomic mass is 10.1. The standard InChI is InChI=1S/C16H14FN3/c1-10-2-3-12(9-18)16(19-10)20-15-8-14(15)11-4-6-13(17)7-5-11/h2-7,14-15H,8H2,1H3,(H,19,20)/t14-,15+/m0/s1. The van der Waals surface area contributed by atoms with Crippen LogP contribution in [0.5, 0.6) is 0 Å². The van der Waals surface area contributed by atoms with Crippen molar-refractivity contribution in [2.24, 2.45) is 0 Å². The molecule has 1 heterocycles. The van der Waals surface area contributed by atoms with Crippen LogP contribution in [0.4, 0.5) is 10.2 Å². The van der Waals surface area contributed by atoms with Crippen LogP contribution in [0.1, 0.15) is 29.2 Å². The summed E-state index contributed by atoms with van der Waals surface area (Å²) < 4.78 is 12.9. The number of hydrogen-bond acceptors (Lipinski definition) is 3. The molecular formula is C16H14FN3. The monoisotopic (exact) mass is 267 g/mol. The number of nitriles is 1. The predicted octanol–water partition coefficient (Wildman–Crippen LogP) is 3.37. The molecule has 3 rings (SSSR count). The molecule has 4 heteroatoms. The molecule has 20 heavy (non-hydrogen) atoms. The highest BCUT2D eigenvalue weighted by atomic mass is 19.1. The number of nitrogens with one attached hydrogen (secondary N) is 1. The Morgan fingerprint density at radius 1 is 1.25 bits per heavy atom. The zero-order valence-corrected chi connectivity index (χ0v) is 11.1. The third kappa shape index (κ3) is 2.48. The SMILES string of the molecule is Cc1ccc(C#N)c(N[C@@H]2C[C@H]2c2ccc(F)cc2)n1. The van der Waals surface area contributed by atoms with Crippen molar-refractivity contribution in [1.29, 1.82) is 5.26 Å². The molecule has 0 spiro atoms. The zero-order valence-electron chi connectivity index (χ0n) is 11.1. The number of benzene rings is 1. The van der Waals surface area contributed by atoms with E-state index in [4.69, 9.17) is 5.26 Å². The molecule has 1 fully saturated rings. The van der Waals surface area contributed by atoms with Gasteiger partial charge in [-0.1, -0.05) is 12.1 Å². The van der Waals surface area contributed by atoms with E-state index in [0.717, 1.165) is 17.7 Å².